The average Bonchev–Trinajstić information content (AvgIpc) is 2.06. The summed E-state index contributed by atoms with van der Waals surface area (Å²) < 4.78 is 5.00. The summed E-state index contributed by atoms with van der Waals surface area (Å²) in [5.41, 5.74) is 1.46. The molecule has 1 aromatic rings. The number of Topliss-reactive ketones (excluding diaryl/α,β-unsaturated/α-hetero) is 1. The standard InChI is InChI=1S/C8H7NO2/c10-8-5-11-4-7-6(8)2-1-3-9-7/h1-3H,4-5H2. The zero-order chi connectivity index (χ0) is 7.68. The summed E-state index contributed by atoms with van der Waals surface area (Å²) in [6, 6.07) is 3.55. The molecule has 0 bridgehead atoms. The maximum Gasteiger partial charge on any atom is 0.190 e. The van der Waals surface area contributed by atoms with Crippen LogP contribution in [0.5, 0.6) is 0 Å². The molecule has 0 saturated carbocycles. The Bertz CT molecular complexity index is 296. The molecule has 0 N–H and O–H groups in total. The fourth-order valence-corrected chi connectivity index (χ4v) is 1.13. The first kappa shape index (κ1) is 6.49. The van der Waals surface area contributed by atoms with Gasteiger partial charge in [-0.15, -0.1) is 0 Å². The predicted octanol–water partition coefficient (Wildman–Crippen LogP) is 0.794. The molecule has 0 atom stereocenters. The monoisotopic (exact) mass is 149 g/mol. The summed E-state index contributed by atoms with van der Waals surface area (Å²) in [5.74, 6) is 0.0272. The average molecular weight is 149 g/mol. The van der Waals surface area contributed by atoms with E-state index in [9.17, 15) is 4.79 Å². The molecule has 3 heteroatoms. The quantitative estimate of drug-likeness (QED) is 0.547. The Kier molecular flexibility index (Phi) is 1.43. The Morgan fingerprint density at radius 3 is 3.18 bits per heavy atom. The Morgan fingerprint density at radius 2 is 2.36 bits per heavy atom. The number of hydrogen-bond acceptors (Lipinski definition) is 3. The van der Waals surface area contributed by atoms with E-state index in [1.54, 1.807) is 18.3 Å². The van der Waals surface area contributed by atoms with Gasteiger partial charge in [-0.05, 0) is 12.1 Å². The van der Waals surface area contributed by atoms with Gasteiger partial charge in [0.05, 0.1) is 12.3 Å². The molecule has 0 unspecified atom stereocenters. The van der Waals surface area contributed by atoms with E-state index < -0.39 is 0 Å². The molecule has 1 aliphatic heterocycles. The van der Waals surface area contributed by atoms with Gasteiger partial charge < -0.3 is 4.74 Å². The normalized spacial score (nSPS) is 16.2. The first-order valence-corrected chi connectivity index (χ1v) is 3.43. The van der Waals surface area contributed by atoms with Gasteiger partial charge in [-0.3, -0.25) is 9.78 Å². The molecule has 0 radical (unpaired) electrons. The van der Waals surface area contributed by atoms with Crippen LogP contribution < -0.4 is 0 Å². The highest BCUT2D eigenvalue weighted by Crippen LogP contribution is 2.12. The van der Waals surface area contributed by atoms with Crippen molar-refractivity contribution in [2.24, 2.45) is 0 Å². The second-order valence-corrected chi connectivity index (χ2v) is 2.41. The summed E-state index contributed by atoms with van der Waals surface area (Å²) >= 11 is 0. The topological polar surface area (TPSA) is 39.2 Å². The number of rotatable bonds is 0. The highest BCUT2D eigenvalue weighted by atomic mass is 16.5. The van der Waals surface area contributed by atoms with E-state index in [0.29, 0.717) is 12.2 Å². The molecular weight excluding hydrogens is 142 g/mol. The van der Waals surface area contributed by atoms with E-state index in [1.165, 1.54) is 0 Å². The van der Waals surface area contributed by atoms with Gasteiger partial charge in [0.25, 0.3) is 0 Å². The van der Waals surface area contributed by atoms with Crippen molar-refractivity contribution in [2.45, 2.75) is 6.61 Å². The summed E-state index contributed by atoms with van der Waals surface area (Å²) in [6.45, 7) is 0.653. The van der Waals surface area contributed by atoms with Gasteiger partial charge in [-0.25, -0.2) is 0 Å². The van der Waals surface area contributed by atoms with Gasteiger partial charge in [0.2, 0.25) is 0 Å². The lowest BCUT2D eigenvalue weighted by Gasteiger charge is -2.12. The Morgan fingerprint density at radius 1 is 1.45 bits per heavy atom. The van der Waals surface area contributed by atoms with Gasteiger partial charge in [0.15, 0.2) is 5.78 Å². The van der Waals surface area contributed by atoms with Crippen LogP contribution in [-0.4, -0.2) is 17.4 Å². The smallest absolute Gasteiger partial charge is 0.190 e. The van der Waals surface area contributed by atoms with Gasteiger partial charge in [0, 0.05) is 11.8 Å². The number of pyridine rings is 1. The lowest BCUT2D eigenvalue weighted by atomic mass is 10.1. The Labute approximate surface area is 64.0 Å². The molecule has 2 rings (SSSR count). The fraction of sp³-hybridized carbons (Fsp3) is 0.250. The number of hydrogen-bond donors (Lipinski definition) is 0. The van der Waals surface area contributed by atoms with Crippen LogP contribution in [0, 0.1) is 0 Å². The lowest BCUT2D eigenvalue weighted by molar-refractivity contribution is 0.0655. The predicted molar refractivity (Wildman–Crippen MR) is 38.2 cm³/mol. The van der Waals surface area contributed by atoms with Crippen LogP contribution in [-0.2, 0) is 11.3 Å². The third-order valence-corrected chi connectivity index (χ3v) is 1.66. The van der Waals surface area contributed by atoms with Crippen molar-refractivity contribution in [3.8, 4) is 0 Å². The van der Waals surface area contributed by atoms with E-state index in [0.717, 1.165) is 5.69 Å². The van der Waals surface area contributed by atoms with Crippen molar-refractivity contribution >= 4 is 5.78 Å². The molecule has 1 aromatic heterocycles. The van der Waals surface area contributed by atoms with Crippen molar-refractivity contribution in [3.63, 3.8) is 0 Å². The van der Waals surface area contributed by atoms with E-state index in [1.807, 2.05) is 0 Å². The van der Waals surface area contributed by atoms with Crippen molar-refractivity contribution in [1.82, 2.24) is 4.98 Å². The second-order valence-electron chi connectivity index (χ2n) is 2.41. The molecule has 1 aliphatic rings. The number of ether oxygens (including phenoxy) is 1. The second kappa shape index (κ2) is 2.43. The number of nitrogens with zero attached hydrogens (tertiary/aromatic N) is 1. The third kappa shape index (κ3) is 1.03. The van der Waals surface area contributed by atoms with Crippen molar-refractivity contribution in [3.05, 3.63) is 29.6 Å². The highest BCUT2D eigenvalue weighted by Gasteiger charge is 2.16. The zero-order valence-electron chi connectivity index (χ0n) is 5.91. The number of aromatic nitrogens is 1. The van der Waals surface area contributed by atoms with Gasteiger partial charge >= 0.3 is 0 Å². The molecule has 0 spiro atoms. The lowest BCUT2D eigenvalue weighted by Crippen LogP contribution is -2.18. The van der Waals surface area contributed by atoms with Crippen molar-refractivity contribution in [2.75, 3.05) is 6.61 Å². The molecule has 0 fully saturated rings. The first-order valence-electron chi connectivity index (χ1n) is 3.43. The summed E-state index contributed by atoms with van der Waals surface area (Å²) in [5, 5.41) is 0. The van der Waals surface area contributed by atoms with Crippen LogP contribution in [0.15, 0.2) is 18.3 Å². The molecule has 3 nitrogen and oxygen atoms in total. The van der Waals surface area contributed by atoms with Crippen LogP contribution in [0.2, 0.25) is 0 Å². The van der Waals surface area contributed by atoms with E-state index >= 15 is 0 Å². The van der Waals surface area contributed by atoms with Crippen LogP contribution in [0.3, 0.4) is 0 Å². The molecular formula is C8H7NO2. The minimum absolute atomic E-state index is 0.0272. The highest BCUT2D eigenvalue weighted by molar-refractivity contribution is 5.98. The first-order chi connectivity index (χ1) is 5.38. The van der Waals surface area contributed by atoms with Crippen LogP contribution in [0.25, 0.3) is 0 Å². The Hall–Kier alpha value is -1.22. The number of carbonyl (C=O) groups excluding carboxylic acids is 1. The largest absolute Gasteiger partial charge is 0.367 e. The van der Waals surface area contributed by atoms with Gasteiger partial charge in [0.1, 0.15) is 6.61 Å². The SMILES string of the molecule is O=C1COCc2ncccc21. The molecule has 56 valence electrons. The minimum Gasteiger partial charge on any atom is -0.367 e. The summed E-state index contributed by atoms with van der Waals surface area (Å²) in [7, 11) is 0. The van der Waals surface area contributed by atoms with Crippen LogP contribution in [0.1, 0.15) is 16.1 Å². The molecule has 11 heavy (non-hydrogen) atoms. The van der Waals surface area contributed by atoms with Crippen molar-refractivity contribution < 1.29 is 9.53 Å². The number of ketones is 1. The molecule has 2 heterocycles. The fourth-order valence-electron chi connectivity index (χ4n) is 1.13. The van der Waals surface area contributed by atoms with Crippen LogP contribution >= 0.6 is 0 Å². The van der Waals surface area contributed by atoms with E-state index in [2.05, 4.69) is 4.98 Å². The maximum atomic E-state index is 11.1. The molecule has 0 aromatic carbocycles. The van der Waals surface area contributed by atoms with Gasteiger partial charge in [-0.2, -0.15) is 0 Å². The number of fused-ring (bicyclic) bond motifs is 1. The van der Waals surface area contributed by atoms with E-state index in [4.69, 9.17) is 4.74 Å². The van der Waals surface area contributed by atoms with Gasteiger partial charge in [-0.1, -0.05) is 0 Å². The summed E-state index contributed by atoms with van der Waals surface area (Å²) in [4.78, 5) is 15.1. The van der Waals surface area contributed by atoms with Crippen LogP contribution in [0.4, 0.5) is 0 Å². The van der Waals surface area contributed by atoms with E-state index in [-0.39, 0.29) is 12.4 Å². The maximum absolute atomic E-state index is 11.1. The molecule has 0 amide bonds. The Balaban J connectivity index is 2.52. The minimum atomic E-state index is 0.0272. The van der Waals surface area contributed by atoms with Crippen molar-refractivity contribution in [1.29, 1.82) is 0 Å². The summed E-state index contributed by atoms with van der Waals surface area (Å²) in [6.07, 6.45) is 1.67. The number of carbonyl (C=O) groups is 1. The zero-order valence-corrected chi connectivity index (χ0v) is 5.91. The molecule has 0 aliphatic carbocycles. The third-order valence-electron chi connectivity index (χ3n) is 1.66. The molecule has 0 saturated heterocycles.